The van der Waals surface area contributed by atoms with Gasteiger partial charge in [-0.05, 0) is 18.6 Å². The van der Waals surface area contributed by atoms with Crippen LogP contribution in [0.25, 0.3) is 0 Å². The van der Waals surface area contributed by atoms with Gasteiger partial charge in [-0.2, -0.15) is 0 Å². The second kappa shape index (κ2) is 7.35. The molecule has 0 bridgehead atoms. The molecule has 6 nitrogen and oxygen atoms in total. The molecule has 0 aliphatic carbocycles. The van der Waals surface area contributed by atoms with Crippen LogP contribution < -0.4 is 4.90 Å². The number of anilines is 1. The standard InChI is InChI=1S/C16H16F2N2O4.ClH/c17-11-1-2-13(12(18)6-11)20-8-10(5-14(20)21)15(22)19-4-3-9(7-19)16(23)24;/h1-2,6,9-10H,3-5,7-8H2,(H,23,24);1H. The lowest BCUT2D eigenvalue weighted by Gasteiger charge is -2.21. The predicted octanol–water partition coefficient (Wildman–Crippen LogP) is 1.67. The van der Waals surface area contributed by atoms with Crippen LogP contribution in [-0.4, -0.2) is 47.4 Å². The number of carboxylic acid groups (broad SMARTS) is 1. The summed E-state index contributed by atoms with van der Waals surface area (Å²) in [5.41, 5.74) is -0.0541. The Kier molecular flexibility index (Phi) is 5.62. The fraction of sp³-hybridized carbons (Fsp3) is 0.438. The van der Waals surface area contributed by atoms with E-state index in [2.05, 4.69) is 0 Å². The monoisotopic (exact) mass is 374 g/mol. The minimum Gasteiger partial charge on any atom is -0.481 e. The van der Waals surface area contributed by atoms with Crippen LogP contribution in [0.3, 0.4) is 0 Å². The Balaban J connectivity index is 0.00000225. The smallest absolute Gasteiger partial charge is 0.308 e. The molecule has 2 unspecified atom stereocenters. The Bertz CT molecular complexity index is 715. The molecule has 2 aliphatic heterocycles. The molecule has 9 heteroatoms. The molecule has 2 atom stereocenters. The van der Waals surface area contributed by atoms with E-state index in [-0.39, 0.29) is 43.5 Å². The number of hydrogen-bond donors (Lipinski definition) is 1. The van der Waals surface area contributed by atoms with Crippen LogP contribution in [-0.2, 0) is 14.4 Å². The second-order valence-electron chi connectivity index (χ2n) is 6.11. The van der Waals surface area contributed by atoms with Gasteiger partial charge in [-0.15, -0.1) is 12.4 Å². The topological polar surface area (TPSA) is 77.9 Å². The fourth-order valence-electron chi connectivity index (χ4n) is 3.23. The summed E-state index contributed by atoms with van der Waals surface area (Å²) in [6.45, 7) is 0.476. The summed E-state index contributed by atoms with van der Waals surface area (Å²) < 4.78 is 26.8. The molecule has 0 saturated carbocycles. The Hall–Kier alpha value is -2.22. The molecule has 1 aromatic rings. The number of rotatable bonds is 3. The fourth-order valence-corrected chi connectivity index (χ4v) is 3.23. The van der Waals surface area contributed by atoms with Crippen molar-refractivity contribution in [1.82, 2.24) is 4.90 Å². The molecule has 2 aliphatic rings. The third kappa shape index (κ3) is 3.73. The SMILES string of the molecule is Cl.O=C(O)C1CCN(C(=O)C2CC(=O)N(c3ccc(F)cc3F)C2)C1. The molecule has 0 radical (unpaired) electrons. The number of halogens is 3. The highest BCUT2D eigenvalue weighted by Crippen LogP contribution is 2.30. The first-order chi connectivity index (χ1) is 11.4. The van der Waals surface area contributed by atoms with Crippen molar-refractivity contribution in [2.24, 2.45) is 11.8 Å². The lowest BCUT2D eigenvalue weighted by molar-refractivity contribution is -0.141. The first kappa shape index (κ1) is 19.1. The van der Waals surface area contributed by atoms with Gasteiger partial charge in [0.1, 0.15) is 11.6 Å². The van der Waals surface area contributed by atoms with Crippen LogP contribution in [0, 0.1) is 23.5 Å². The van der Waals surface area contributed by atoms with E-state index in [1.807, 2.05) is 0 Å². The molecule has 0 spiro atoms. The second-order valence-corrected chi connectivity index (χ2v) is 6.11. The molecule has 1 aromatic carbocycles. The van der Waals surface area contributed by atoms with E-state index in [0.29, 0.717) is 19.0 Å². The van der Waals surface area contributed by atoms with Crippen molar-refractivity contribution in [3.05, 3.63) is 29.8 Å². The van der Waals surface area contributed by atoms with E-state index < -0.39 is 35.3 Å². The number of aliphatic carboxylic acids is 1. The lowest BCUT2D eigenvalue weighted by atomic mass is 10.1. The molecule has 25 heavy (non-hydrogen) atoms. The third-order valence-corrected chi connectivity index (χ3v) is 4.52. The first-order valence-electron chi connectivity index (χ1n) is 7.64. The minimum absolute atomic E-state index is 0. The summed E-state index contributed by atoms with van der Waals surface area (Å²) in [7, 11) is 0. The highest BCUT2D eigenvalue weighted by atomic mass is 35.5. The number of hydrogen-bond acceptors (Lipinski definition) is 3. The van der Waals surface area contributed by atoms with Gasteiger partial charge >= 0.3 is 5.97 Å². The van der Waals surface area contributed by atoms with Crippen LogP contribution in [0.5, 0.6) is 0 Å². The summed E-state index contributed by atoms with van der Waals surface area (Å²) in [5.74, 6) is -4.48. The zero-order valence-electron chi connectivity index (χ0n) is 13.2. The maximum atomic E-state index is 13.9. The number of amides is 2. The average Bonchev–Trinajstić information content (AvgIpc) is 3.14. The lowest BCUT2D eigenvalue weighted by Crippen LogP contribution is -2.36. The predicted molar refractivity (Wildman–Crippen MR) is 86.4 cm³/mol. The zero-order chi connectivity index (χ0) is 17.4. The Labute approximate surface area is 148 Å². The van der Waals surface area contributed by atoms with Crippen molar-refractivity contribution in [2.75, 3.05) is 24.5 Å². The molecular formula is C16H17ClF2N2O4. The van der Waals surface area contributed by atoms with Gasteiger partial charge in [0.15, 0.2) is 0 Å². The maximum absolute atomic E-state index is 13.9. The van der Waals surface area contributed by atoms with E-state index in [1.54, 1.807) is 0 Å². The van der Waals surface area contributed by atoms with Crippen LogP contribution in [0.1, 0.15) is 12.8 Å². The van der Waals surface area contributed by atoms with Gasteiger partial charge in [0.25, 0.3) is 0 Å². The van der Waals surface area contributed by atoms with Crippen molar-refractivity contribution in [3.63, 3.8) is 0 Å². The van der Waals surface area contributed by atoms with E-state index in [0.717, 1.165) is 11.0 Å². The van der Waals surface area contributed by atoms with Crippen molar-refractivity contribution in [2.45, 2.75) is 12.8 Å². The van der Waals surface area contributed by atoms with E-state index in [4.69, 9.17) is 5.11 Å². The summed E-state index contributed by atoms with van der Waals surface area (Å²) in [4.78, 5) is 38.2. The molecular weight excluding hydrogens is 358 g/mol. The minimum atomic E-state index is -0.942. The van der Waals surface area contributed by atoms with E-state index in [9.17, 15) is 23.2 Å². The Morgan fingerprint density at radius 2 is 1.88 bits per heavy atom. The third-order valence-electron chi connectivity index (χ3n) is 4.52. The van der Waals surface area contributed by atoms with Gasteiger partial charge in [-0.3, -0.25) is 14.4 Å². The van der Waals surface area contributed by atoms with Crippen molar-refractivity contribution in [1.29, 1.82) is 0 Å². The van der Waals surface area contributed by atoms with Gasteiger partial charge in [0, 0.05) is 32.1 Å². The molecule has 0 aromatic heterocycles. The van der Waals surface area contributed by atoms with Gasteiger partial charge in [0.2, 0.25) is 11.8 Å². The highest BCUT2D eigenvalue weighted by Gasteiger charge is 2.40. The van der Waals surface area contributed by atoms with Gasteiger partial charge in [-0.1, -0.05) is 0 Å². The van der Waals surface area contributed by atoms with Crippen molar-refractivity contribution >= 4 is 35.9 Å². The summed E-state index contributed by atoms with van der Waals surface area (Å²) >= 11 is 0. The van der Waals surface area contributed by atoms with E-state index in [1.165, 1.54) is 11.0 Å². The average molecular weight is 375 g/mol. The van der Waals surface area contributed by atoms with Gasteiger partial charge in [0.05, 0.1) is 17.5 Å². The maximum Gasteiger partial charge on any atom is 0.308 e. The summed E-state index contributed by atoms with van der Waals surface area (Å²) in [5, 5.41) is 8.99. The normalized spacial score (nSPS) is 22.9. The molecule has 2 amide bonds. The van der Waals surface area contributed by atoms with Crippen LogP contribution in [0.2, 0.25) is 0 Å². The van der Waals surface area contributed by atoms with Crippen LogP contribution >= 0.6 is 12.4 Å². The largest absolute Gasteiger partial charge is 0.481 e. The number of carboxylic acids is 1. The molecule has 2 heterocycles. The number of carbonyl (C=O) groups excluding carboxylic acids is 2. The van der Waals surface area contributed by atoms with E-state index >= 15 is 0 Å². The number of benzene rings is 1. The molecule has 3 rings (SSSR count). The summed E-state index contributed by atoms with van der Waals surface area (Å²) in [6.07, 6.45) is 0.321. The Morgan fingerprint density at radius 3 is 2.48 bits per heavy atom. The van der Waals surface area contributed by atoms with Crippen LogP contribution in [0.15, 0.2) is 18.2 Å². The quantitative estimate of drug-likeness (QED) is 0.873. The first-order valence-corrected chi connectivity index (χ1v) is 7.64. The van der Waals surface area contributed by atoms with Crippen LogP contribution in [0.4, 0.5) is 14.5 Å². The number of likely N-dealkylation sites (tertiary alicyclic amines) is 1. The molecule has 2 fully saturated rings. The van der Waals surface area contributed by atoms with Crippen molar-refractivity contribution in [3.8, 4) is 0 Å². The molecule has 2 saturated heterocycles. The van der Waals surface area contributed by atoms with Crippen molar-refractivity contribution < 1.29 is 28.3 Å². The summed E-state index contributed by atoms with van der Waals surface area (Å²) in [6, 6.07) is 2.92. The number of nitrogens with zero attached hydrogens (tertiary/aromatic N) is 2. The highest BCUT2D eigenvalue weighted by molar-refractivity contribution is 6.00. The van der Waals surface area contributed by atoms with Gasteiger partial charge in [-0.25, -0.2) is 8.78 Å². The molecule has 136 valence electrons. The van der Waals surface area contributed by atoms with Gasteiger partial charge < -0.3 is 14.9 Å². The zero-order valence-corrected chi connectivity index (χ0v) is 14.0. The Morgan fingerprint density at radius 1 is 1.16 bits per heavy atom. The number of carbonyl (C=O) groups is 3. The molecule has 1 N–H and O–H groups in total.